The van der Waals surface area contributed by atoms with Crippen molar-refractivity contribution < 1.29 is 4.39 Å². The van der Waals surface area contributed by atoms with Crippen molar-refractivity contribution in [2.45, 2.75) is 51.2 Å². The standard InChI is InChI=1S/C16H24FN3/c1-12-5-6-19-16(2,14-3-4-14)11-20(12)10-13-7-15(17)9-18-8-13/h7-9,12,14,19H,3-6,10-11H2,1-2H3. The van der Waals surface area contributed by atoms with Gasteiger partial charge in [0, 0.05) is 30.9 Å². The Morgan fingerprint density at radius 3 is 2.90 bits per heavy atom. The van der Waals surface area contributed by atoms with Crippen molar-refractivity contribution >= 4 is 0 Å². The summed E-state index contributed by atoms with van der Waals surface area (Å²) in [5.41, 5.74) is 1.18. The Labute approximate surface area is 120 Å². The zero-order valence-corrected chi connectivity index (χ0v) is 12.4. The van der Waals surface area contributed by atoms with Gasteiger partial charge in [0.25, 0.3) is 0 Å². The van der Waals surface area contributed by atoms with Crippen LogP contribution in [0.1, 0.15) is 38.7 Å². The molecule has 1 aliphatic carbocycles. The molecule has 20 heavy (non-hydrogen) atoms. The third-order valence-corrected chi connectivity index (χ3v) is 4.87. The maximum absolute atomic E-state index is 13.3. The molecule has 1 N–H and O–H groups in total. The highest BCUT2D eigenvalue weighted by Crippen LogP contribution is 2.41. The number of rotatable bonds is 3. The summed E-state index contributed by atoms with van der Waals surface area (Å²) in [5, 5.41) is 3.75. The van der Waals surface area contributed by atoms with E-state index in [1.54, 1.807) is 12.3 Å². The summed E-state index contributed by atoms with van der Waals surface area (Å²) in [6, 6.07) is 2.12. The fourth-order valence-electron chi connectivity index (χ4n) is 3.37. The van der Waals surface area contributed by atoms with Gasteiger partial charge in [0.05, 0.1) is 6.20 Å². The molecule has 2 unspecified atom stereocenters. The van der Waals surface area contributed by atoms with Crippen molar-refractivity contribution in [3.63, 3.8) is 0 Å². The van der Waals surface area contributed by atoms with E-state index in [2.05, 4.69) is 29.0 Å². The van der Waals surface area contributed by atoms with E-state index in [1.807, 2.05) is 0 Å². The van der Waals surface area contributed by atoms with E-state index in [0.29, 0.717) is 6.04 Å². The lowest BCUT2D eigenvalue weighted by Gasteiger charge is -2.35. The van der Waals surface area contributed by atoms with Gasteiger partial charge in [-0.05, 0) is 57.2 Å². The monoisotopic (exact) mass is 277 g/mol. The van der Waals surface area contributed by atoms with Crippen LogP contribution in [0, 0.1) is 11.7 Å². The summed E-state index contributed by atoms with van der Waals surface area (Å²) in [5.74, 6) is 0.564. The summed E-state index contributed by atoms with van der Waals surface area (Å²) in [6.45, 7) is 7.52. The number of halogens is 1. The van der Waals surface area contributed by atoms with Gasteiger partial charge in [0.15, 0.2) is 0 Å². The van der Waals surface area contributed by atoms with Gasteiger partial charge in [0.1, 0.15) is 5.82 Å². The number of pyridine rings is 1. The Balaban J connectivity index is 1.75. The molecule has 1 saturated carbocycles. The van der Waals surface area contributed by atoms with Crippen LogP contribution in [0.25, 0.3) is 0 Å². The van der Waals surface area contributed by atoms with Crippen LogP contribution in [0.4, 0.5) is 4.39 Å². The van der Waals surface area contributed by atoms with Crippen LogP contribution in [0.5, 0.6) is 0 Å². The van der Waals surface area contributed by atoms with E-state index < -0.39 is 0 Å². The summed E-state index contributed by atoms with van der Waals surface area (Å²) in [7, 11) is 0. The third-order valence-electron chi connectivity index (χ3n) is 4.87. The van der Waals surface area contributed by atoms with E-state index in [1.165, 1.54) is 19.0 Å². The second kappa shape index (κ2) is 5.41. The molecule has 1 aliphatic heterocycles. The number of nitrogens with zero attached hydrogens (tertiary/aromatic N) is 2. The molecule has 0 amide bonds. The lowest BCUT2D eigenvalue weighted by molar-refractivity contribution is 0.154. The minimum atomic E-state index is -0.243. The number of nitrogens with one attached hydrogen (secondary N) is 1. The average molecular weight is 277 g/mol. The lowest BCUT2D eigenvalue weighted by Crippen LogP contribution is -2.51. The van der Waals surface area contributed by atoms with Gasteiger partial charge in [-0.1, -0.05) is 0 Å². The van der Waals surface area contributed by atoms with Gasteiger partial charge in [-0.15, -0.1) is 0 Å². The molecule has 2 heterocycles. The molecule has 2 atom stereocenters. The van der Waals surface area contributed by atoms with E-state index >= 15 is 0 Å². The van der Waals surface area contributed by atoms with Crippen LogP contribution < -0.4 is 5.32 Å². The van der Waals surface area contributed by atoms with E-state index in [9.17, 15) is 4.39 Å². The molecule has 1 saturated heterocycles. The molecule has 3 rings (SSSR count). The summed E-state index contributed by atoms with van der Waals surface area (Å²) < 4.78 is 13.3. The van der Waals surface area contributed by atoms with Gasteiger partial charge in [-0.25, -0.2) is 4.39 Å². The summed E-state index contributed by atoms with van der Waals surface area (Å²) >= 11 is 0. The van der Waals surface area contributed by atoms with Crippen LogP contribution in [-0.4, -0.2) is 34.6 Å². The number of aromatic nitrogens is 1. The molecule has 0 bridgehead atoms. The van der Waals surface area contributed by atoms with Gasteiger partial charge >= 0.3 is 0 Å². The molecule has 0 spiro atoms. The Bertz CT molecular complexity index is 475. The van der Waals surface area contributed by atoms with Crippen molar-refractivity contribution in [2.75, 3.05) is 13.1 Å². The first-order valence-electron chi connectivity index (χ1n) is 7.65. The molecule has 1 aromatic rings. The van der Waals surface area contributed by atoms with Crippen LogP contribution >= 0.6 is 0 Å². The second-order valence-electron chi connectivity index (χ2n) is 6.67. The Morgan fingerprint density at radius 1 is 1.40 bits per heavy atom. The van der Waals surface area contributed by atoms with Crippen LogP contribution in [0.2, 0.25) is 0 Å². The molecular formula is C16H24FN3. The van der Waals surface area contributed by atoms with Gasteiger partial charge in [-0.3, -0.25) is 9.88 Å². The third kappa shape index (κ3) is 3.01. The van der Waals surface area contributed by atoms with Gasteiger partial charge in [0.2, 0.25) is 0 Å². The van der Waals surface area contributed by atoms with Crippen LogP contribution in [0.15, 0.2) is 18.5 Å². The molecule has 4 heteroatoms. The Hall–Kier alpha value is -1.00. The average Bonchev–Trinajstić information content (AvgIpc) is 3.21. The van der Waals surface area contributed by atoms with Crippen molar-refractivity contribution in [2.24, 2.45) is 5.92 Å². The largest absolute Gasteiger partial charge is 0.310 e. The second-order valence-corrected chi connectivity index (χ2v) is 6.67. The number of hydrogen-bond acceptors (Lipinski definition) is 3. The first-order valence-corrected chi connectivity index (χ1v) is 7.65. The molecule has 2 aliphatic rings. The van der Waals surface area contributed by atoms with Crippen LogP contribution in [0.3, 0.4) is 0 Å². The first kappa shape index (κ1) is 14.0. The predicted octanol–water partition coefficient (Wildman–Crippen LogP) is 2.57. The highest BCUT2D eigenvalue weighted by atomic mass is 19.1. The van der Waals surface area contributed by atoms with Crippen LogP contribution in [-0.2, 0) is 6.54 Å². The fraction of sp³-hybridized carbons (Fsp3) is 0.688. The zero-order valence-electron chi connectivity index (χ0n) is 12.4. The van der Waals surface area contributed by atoms with Gasteiger partial charge in [-0.2, -0.15) is 0 Å². The molecule has 0 aromatic carbocycles. The van der Waals surface area contributed by atoms with Crippen molar-refractivity contribution in [3.05, 3.63) is 29.8 Å². The normalized spacial score (nSPS) is 32.0. The van der Waals surface area contributed by atoms with Gasteiger partial charge < -0.3 is 5.32 Å². The van der Waals surface area contributed by atoms with E-state index in [0.717, 1.165) is 37.5 Å². The first-order chi connectivity index (χ1) is 9.57. The fourth-order valence-corrected chi connectivity index (χ4v) is 3.37. The quantitative estimate of drug-likeness (QED) is 0.920. The molecule has 0 radical (unpaired) electrons. The maximum Gasteiger partial charge on any atom is 0.141 e. The summed E-state index contributed by atoms with van der Waals surface area (Å²) in [6.07, 6.45) is 6.87. The lowest BCUT2D eigenvalue weighted by atomic mass is 9.95. The topological polar surface area (TPSA) is 28.2 Å². The smallest absolute Gasteiger partial charge is 0.141 e. The SMILES string of the molecule is CC1CCNC(C)(C2CC2)CN1Cc1cncc(F)c1. The highest BCUT2D eigenvalue weighted by molar-refractivity contribution is 5.11. The maximum atomic E-state index is 13.3. The number of hydrogen-bond donors (Lipinski definition) is 1. The van der Waals surface area contributed by atoms with Crippen molar-refractivity contribution in [1.29, 1.82) is 0 Å². The Morgan fingerprint density at radius 2 is 2.20 bits per heavy atom. The van der Waals surface area contributed by atoms with Crippen molar-refractivity contribution in [1.82, 2.24) is 15.2 Å². The highest BCUT2D eigenvalue weighted by Gasteiger charge is 2.43. The van der Waals surface area contributed by atoms with E-state index in [-0.39, 0.29) is 11.4 Å². The minimum absolute atomic E-state index is 0.214. The Kier molecular flexibility index (Phi) is 3.78. The molecule has 3 nitrogen and oxygen atoms in total. The molecule has 1 aromatic heterocycles. The molecule has 110 valence electrons. The molecular weight excluding hydrogens is 253 g/mol. The zero-order chi connectivity index (χ0) is 14.2. The summed E-state index contributed by atoms with van der Waals surface area (Å²) in [4.78, 5) is 6.45. The van der Waals surface area contributed by atoms with E-state index in [4.69, 9.17) is 0 Å². The molecule has 2 fully saturated rings. The predicted molar refractivity (Wildman–Crippen MR) is 77.8 cm³/mol. The minimum Gasteiger partial charge on any atom is -0.310 e. The van der Waals surface area contributed by atoms with Crippen molar-refractivity contribution in [3.8, 4) is 0 Å².